The van der Waals surface area contributed by atoms with Crippen LogP contribution in [-0.2, 0) is 11.2 Å². The molecule has 1 aliphatic carbocycles. The Hall–Kier alpha value is -1.55. The number of nitrogens with two attached hydrogens (primary N) is 1. The van der Waals surface area contributed by atoms with Gasteiger partial charge < -0.3 is 15.8 Å². The molecule has 2 rings (SSSR count). The molecular weight excluding hydrogens is 262 g/mol. The average Bonchev–Trinajstić information content (AvgIpc) is 2.47. The van der Waals surface area contributed by atoms with Crippen molar-refractivity contribution in [3.05, 3.63) is 29.8 Å². The number of aryl methyl sites for hydroxylation is 1. The predicted octanol–water partition coefficient (Wildman–Crippen LogP) is 3.18. The van der Waals surface area contributed by atoms with Crippen LogP contribution in [0.1, 0.15) is 39.7 Å². The summed E-state index contributed by atoms with van der Waals surface area (Å²) < 4.78 is 5.61. The molecule has 21 heavy (non-hydrogen) atoms. The summed E-state index contributed by atoms with van der Waals surface area (Å²) in [6.45, 7) is 8.63. The number of hydrogen-bond donors (Lipinski definition) is 2. The standard InChI is InChI=1S/C17H27N3O/c1-6-12-7-9-13(10-8-12)19-15(18)20-14-11-17(4,21-5)16(14,2)3/h7-10,14H,6,11H2,1-5H3,(H3,18,19,20). The summed E-state index contributed by atoms with van der Waals surface area (Å²) in [6, 6.07) is 8.46. The number of ether oxygens (including phenoxy) is 1. The molecule has 1 saturated carbocycles. The van der Waals surface area contributed by atoms with Gasteiger partial charge in [0.05, 0.1) is 11.6 Å². The fraction of sp³-hybridized carbons (Fsp3) is 0.588. The van der Waals surface area contributed by atoms with Crippen molar-refractivity contribution in [1.82, 2.24) is 0 Å². The summed E-state index contributed by atoms with van der Waals surface area (Å²) in [5.41, 5.74) is 8.19. The highest BCUT2D eigenvalue weighted by Crippen LogP contribution is 2.53. The first-order chi connectivity index (χ1) is 9.82. The van der Waals surface area contributed by atoms with Crippen LogP contribution in [0, 0.1) is 5.41 Å². The van der Waals surface area contributed by atoms with Gasteiger partial charge in [-0.15, -0.1) is 0 Å². The van der Waals surface area contributed by atoms with Crippen LogP contribution in [-0.4, -0.2) is 24.7 Å². The summed E-state index contributed by atoms with van der Waals surface area (Å²) in [5, 5.41) is 3.16. The lowest BCUT2D eigenvalue weighted by atomic mass is 9.56. The van der Waals surface area contributed by atoms with E-state index in [1.54, 1.807) is 7.11 Å². The smallest absolute Gasteiger partial charge is 0.193 e. The molecule has 0 aromatic heterocycles. The molecule has 116 valence electrons. The molecule has 1 aromatic carbocycles. The molecule has 0 heterocycles. The van der Waals surface area contributed by atoms with Gasteiger partial charge in [0.2, 0.25) is 0 Å². The van der Waals surface area contributed by atoms with Crippen LogP contribution in [0.15, 0.2) is 29.3 Å². The van der Waals surface area contributed by atoms with E-state index >= 15 is 0 Å². The van der Waals surface area contributed by atoms with Gasteiger partial charge in [0.15, 0.2) is 5.96 Å². The third-order valence-corrected chi connectivity index (χ3v) is 5.16. The third-order valence-electron chi connectivity index (χ3n) is 5.16. The monoisotopic (exact) mass is 289 g/mol. The van der Waals surface area contributed by atoms with Crippen molar-refractivity contribution >= 4 is 11.6 Å². The van der Waals surface area contributed by atoms with Crippen molar-refractivity contribution < 1.29 is 4.74 Å². The molecule has 1 aromatic rings. The van der Waals surface area contributed by atoms with Crippen molar-refractivity contribution in [2.24, 2.45) is 16.1 Å². The van der Waals surface area contributed by atoms with E-state index < -0.39 is 0 Å². The number of nitrogens with one attached hydrogen (secondary N) is 1. The van der Waals surface area contributed by atoms with Crippen molar-refractivity contribution in [3.8, 4) is 0 Å². The minimum atomic E-state index is -0.121. The minimum absolute atomic E-state index is 0.0138. The molecule has 4 heteroatoms. The van der Waals surface area contributed by atoms with Crippen LogP contribution in [0.5, 0.6) is 0 Å². The van der Waals surface area contributed by atoms with Gasteiger partial charge in [0.25, 0.3) is 0 Å². The predicted molar refractivity (Wildman–Crippen MR) is 88.7 cm³/mol. The van der Waals surface area contributed by atoms with Crippen LogP contribution >= 0.6 is 0 Å². The van der Waals surface area contributed by atoms with Crippen LogP contribution in [0.3, 0.4) is 0 Å². The second kappa shape index (κ2) is 5.68. The maximum absolute atomic E-state index is 6.04. The van der Waals surface area contributed by atoms with Crippen LogP contribution in [0.2, 0.25) is 0 Å². The van der Waals surface area contributed by atoms with E-state index in [0.717, 1.165) is 18.5 Å². The highest BCUT2D eigenvalue weighted by Gasteiger charge is 2.58. The Kier molecular flexibility index (Phi) is 4.28. The van der Waals surface area contributed by atoms with Gasteiger partial charge in [0, 0.05) is 18.2 Å². The fourth-order valence-corrected chi connectivity index (χ4v) is 2.83. The zero-order valence-corrected chi connectivity index (χ0v) is 13.7. The average molecular weight is 289 g/mol. The van der Waals surface area contributed by atoms with Gasteiger partial charge in [-0.1, -0.05) is 32.9 Å². The summed E-state index contributed by atoms with van der Waals surface area (Å²) in [6.07, 6.45) is 1.93. The van der Waals surface area contributed by atoms with Crippen LogP contribution in [0.4, 0.5) is 5.69 Å². The zero-order chi connectivity index (χ0) is 15.7. The summed E-state index contributed by atoms with van der Waals surface area (Å²) in [4.78, 5) is 4.62. The Morgan fingerprint density at radius 3 is 2.43 bits per heavy atom. The van der Waals surface area contributed by atoms with Gasteiger partial charge in [-0.05, 0) is 37.5 Å². The molecule has 0 spiro atoms. The molecule has 1 fully saturated rings. The number of anilines is 1. The first-order valence-electron chi connectivity index (χ1n) is 7.57. The lowest BCUT2D eigenvalue weighted by Crippen LogP contribution is -2.62. The molecule has 0 aliphatic heterocycles. The Morgan fingerprint density at radius 1 is 1.33 bits per heavy atom. The quantitative estimate of drug-likeness (QED) is 0.661. The van der Waals surface area contributed by atoms with E-state index in [-0.39, 0.29) is 17.1 Å². The number of hydrogen-bond acceptors (Lipinski definition) is 2. The topological polar surface area (TPSA) is 59.6 Å². The molecule has 0 radical (unpaired) electrons. The second-order valence-corrected chi connectivity index (χ2v) is 6.57. The number of guanidine groups is 1. The van der Waals surface area contributed by atoms with Gasteiger partial charge in [-0.3, -0.25) is 0 Å². The van der Waals surface area contributed by atoms with Gasteiger partial charge >= 0.3 is 0 Å². The van der Waals surface area contributed by atoms with Gasteiger partial charge in [0.1, 0.15) is 0 Å². The van der Waals surface area contributed by atoms with E-state index in [0.29, 0.717) is 5.96 Å². The highest BCUT2D eigenvalue weighted by atomic mass is 16.5. The number of nitrogens with zero attached hydrogens (tertiary/aromatic N) is 1. The van der Waals surface area contributed by atoms with E-state index in [2.05, 4.69) is 50.1 Å². The summed E-state index contributed by atoms with van der Waals surface area (Å²) >= 11 is 0. The lowest BCUT2D eigenvalue weighted by molar-refractivity contribution is -0.171. The molecule has 2 atom stereocenters. The Balaban J connectivity index is 2.02. The molecule has 0 saturated heterocycles. The molecule has 4 nitrogen and oxygen atoms in total. The Labute approximate surface area is 127 Å². The van der Waals surface area contributed by atoms with E-state index in [9.17, 15) is 0 Å². The number of aliphatic imine (C=N–C) groups is 1. The number of methoxy groups -OCH3 is 1. The van der Waals surface area contributed by atoms with E-state index in [1.807, 2.05) is 12.1 Å². The molecule has 3 N–H and O–H groups in total. The van der Waals surface area contributed by atoms with Crippen molar-refractivity contribution in [2.45, 2.75) is 52.2 Å². The van der Waals surface area contributed by atoms with Crippen molar-refractivity contribution in [1.29, 1.82) is 0 Å². The Morgan fingerprint density at radius 2 is 1.95 bits per heavy atom. The SMILES string of the molecule is CCc1ccc(NC(N)=NC2CC(C)(OC)C2(C)C)cc1. The third kappa shape index (κ3) is 2.91. The first kappa shape index (κ1) is 15.8. The van der Waals surface area contributed by atoms with Crippen LogP contribution < -0.4 is 11.1 Å². The lowest BCUT2D eigenvalue weighted by Gasteiger charge is -2.57. The van der Waals surface area contributed by atoms with E-state index in [1.165, 1.54) is 5.56 Å². The van der Waals surface area contributed by atoms with Gasteiger partial charge in [-0.25, -0.2) is 4.99 Å². The molecule has 0 bridgehead atoms. The number of rotatable bonds is 4. The largest absolute Gasteiger partial charge is 0.378 e. The van der Waals surface area contributed by atoms with Crippen LogP contribution in [0.25, 0.3) is 0 Å². The molecule has 1 aliphatic rings. The summed E-state index contributed by atoms with van der Waals surface area (Å²) in [5.74, 6) is 0.468. The maximum Gasteiger partial charge on any atom is 0.193 e. The first-order valence-corrected chi connectivity index (χ1v) is 7.57. The Bertz CT molecular complexity index is 521. The second-order valence-electron chi connectivity index (χ2n) is 6.57. The molecule has 2 unspecified atom stereocenters. The number of benzene rings is 1. The highest BCUT2D eigenvalue weighted by molar-refractivity contribution is 5.92. The molecule has 0 amide bonds. The van der Waals surface area contributed by atoms with Crippen molar-refractivity contribution in [2.75, 3.05) is 12.4 Å². The summed E-state index contributed by atoms with van der Waals surface area (Å²) in [7, 11) is 1.76. The molecular formula is C17H27N3O. The maximum atomic E-state index is 6.04. The fourth-order valence-electron chi connectivity index (χ4n) is 2.83. The van der Waals surface area contributed by atoms with E-state index in [4.69, 9.17) is 10.5 Å². The van der Waals surface area contributed by atoms with Crippen molar-refractivity contribution in [3.63, 3.8) is 0 Å². The normalized spacial score (nSPS) is 28.0. The zero-order valence-electron chi connectivity index (χ0n) is 13.7. The van der Waals surface area contributed by atoms with Gasteiger partial charge in [-0.2, -0.15) is 0 Å². The minimum Gasteiger partial charge on any atom is -0.378 e.